The summed E-state index contributed by atoms with van der Waals surface area (Å²) >= 11 is 0. The quantitative estimate of drug-likeness (QED) is 0.810. The molecule has 0 spiro atoms. The van der Waals surface area contributed by atoms with Crippen molar-refractivity contribution in [1.82, 2.24) is 4.90 Å². The van der Waals surface area contributed by atoms with E-state index < -0.39 is 6.10 Å². The predicted molar refractivity (Wildman–Crippen MR) is 75.6 cm³/mol. The molecule has 19 heavy (non-hydrogen) atoms. The number of hydrogen-bond donors (Lipinski definition) is 2. The first-order valence-electron chi connectivity index (χ1n) is 6.32. The molecule has 4 nitrogen and oxygen atoms in total. The van der Waals surface area contributed by atoms with Crippen molar-refractivity contribution in [1.29, 1.82) is 0 Å². The molecule has 1 aromatic heterocycles. The lowest BCUT2D eigenvalue weighted by atomic mass is 10.1. The fraction of sp³-hybridized carbons (Fsp3) is 0.333. The molecule has 0 saturated heterocycles. The second-order valence-electron chi connectivity index (χ2n) is 4.90. The summed E-state index contributed by atoms with van der Waals surface area (Å²) in [4.78, 5) is 2.02. The second kappa shape index (κ2) is 5.91. The minimum Gasteiger partial charge on any atom is -0.465 e. The summed E-state index contributed by atoms with van der Waals surface area (Å²) in [5.74, 6) is 1.81. The van der Waals surface area contributed by atoms with E-state index in [1.54, 1.807) is 6.07 Å². The average molecular weight is 260 g/mol. The smallest absolute Gasteiger partial charge is 0.118 e. The van der Waals surface area contributed by atoms with Crippen LogP contribution in [-0.2, 0) is 6.54 Å². The van der Waals surface area contributed by atoms with Crippen LogP contribution in [-0.4, -0.2) is 23.6 Å². The summed E-state index contributed by atoms with van der Waals surface area (Å²) in [7, 11) is 1.95. The summed E-state index contributed by atoms with van der Waals surface area (Å²) in [5, 5.41) is 10.2. The number of nitrogen functional groups attached to an aromatic ring is 1. The van der Waals surface area contributed by atoms with Crippen LogP contribution < -0.4 is 5.73 Å². The predicted octanol–water partition coefficient (Wildman–Crippen LogP) is 2.34. The highest BCUT2D eigenvalue weighted by Gasteiger charge is 2.12. The normalized spacial score (nSPS) is 12.8. The van der Waals surface area contributed by atoms with Gasteiger partial charge in [-0.3, -0.25) is 4.90 Å². The molecule has 0 saturated carbocycles. The third-order valence-corrected chi connectivity index (χ3v) is 3.00. The number of anilines is 1. The summed E-state index contributed by atoms with van der Waals surface area (Å²) in [6.07, 6.45) is -0.551. The molecule has 3 N–H and O–H groups in total. The fourth-order valence-electron chi connectivity index (χ4n) is 2.07. The molecule has 2 rings (SSSR count). The van der Waals surface area contributed by atoms with Gasteiger partial charge in [0, 0.05) is 12.2 Å². The van der Waals surface area contributed by atoms with E-state index in [1.165, 1.54) is 0 Å². The van der Waals surface area contributed by atoms with Gasteiger partial charge in [-0.2, -0.15) is 0 Å². The molecule has 2 aromatic rings. The topological polar surface area (TPSA) is 62.6 Å². The average Bonchev–Trinajstić information content (AvgIpc) is 2.74. The zero-order valence-corrected chi connectivity index (χ0v) is 11.3. The lowest BCUT2D eigenvalue weighted by Gasteiger charge is -2.20. The maximum Gasteiger partial charge on any atom is 0.118 e. The van der Waals surface area contributed by atoms with Gasteiger partial charge < -0.3 is 15.3 Å². The SMILES string of the molecule is Cc1ccc(CN(C)CC(O)c2cccc(N)c2)o1. The molecule has 1 unspecified atom stereocenters. The lowest BCUT2D eigenvalue weighted by Crippen LogP contribution is -2.24. The highest BCUT2D eigenvalue weighted by Crippen LogP contribution is 2.17. The zero-order chi connectivity index (χ0) is 13.8. The van der Waals surface area contributed by atoms with Crippen molar-refractivity contribution in [2.75, 3.05) is 19.3 Å². The number of aryl methyl sites for hydroxylation is 1. The summed E-state index contributed by atoms with van der Waals surface area (Å²) < 4.78 is 5.52. The Morgan fingerprint density at radius 3 is 2.74 bits per heavy atom. The Hall–Kier alpha value is -1.78. The number of hydrogen-bond acceptors (Lipinski definition) is 4. The van der Waals surface area contributed by atoms with Gasteiger partial charge in [0.2, 0.25) is 0 Å². The Kier molecular flexibility index (Phi) is 4.24. The van der Waals surface area contributed by atoms with Crippen LogP contribution >= 0.6 is 0 Å². The maximum atomic E-state index is 10.2. The summed E-state index contributed by atoms with van der Waals surface area (Å²) in [5.41, 5.74) is 7.22. The molecular formula is C15H20N2O2. The minimum absolute atomic E-state index is 0.531. The van der Waals surface area contributed by atoms with E-state index in [-0.39, 0.29) is 0 Å². The van der Waals surface area contributed by atoms with E-state index in [1.807, 2.05) is 49.2 Å². The number of likely N-dealkylation sites (N-methyl/N-ethyl adjacent to an activating group) is 1. The molecule has 102 valence electrons. The molecule has 0 aliphatic heterocycles. The van der Waals surface area contributed by atoms with Crippen LogP contribution in [0.15, 0.2) is 40.8 Å². The first-order valence-corrected chi connectivity index (χ1v) is 6.32. The molecule has 1 heterocycles. The molecule has 1 aromatic carbocycles. The number of rotatable bonds is 5. The van der Waals surface area contributed by atoms with Crippen molar-refractivity contribution < 1.29 is 9.52 Å². The number of aliphatic hydroxyl groups is 1. The molecule has 0 bridgehead atoms. The molecule has 0 amide bonds. The van der Waals surface area contributed by atoms with E-state index in [0.29, 0.717) is 18.8 Å². The van der Waals surface area contributed by atoms with Crippen LogP contribution in [0.4, 0.5) is 5.69 Å². The molecule has 0 aliphatic carbocycles. The van der Waals surface area contributed by atoms with Gasteiger partial charge in [0.25, 0.3) is 0 Å². The monoisotopic (exact) mass is 260 g/mol. The maximum absolute atomic E-state index is 10.2. The van der Waals surface area contributed by atoms with Crippen LogP contribution in [0.25, 0.3) is 0 Å². The summed E-state index contributed by atoms with van der Waals surface area (Å²) in [6.45, 7) is 3.13. The van der Waals surface area contributed by atoms with Gasteiger partial charge in [-0.25, -0.2) is 0 Å². The van der Waals surface area contributed by atoms with Gasteiger partial charge >= 0.3 is 0 Å². The number of aliphatic hydroxyl groups excluding tert-OH is 1. The Bertz CT molecular complexity index is 536. The van der Waals surface area contributed by atoms with Gasteiger partial charge in [0.05, 0.1) is 12.6 Å². The minimum atomic E-state index is -0.551. The van der Waals surface area contributed by atoms with E-state index in [0.717, 1.165) is 17.1 Å². The number of furan rings is 1. The van der Waals surface area contributed by atoms with Crippen molar-refractivity contribution in [3.63, 3.8) is 0 Å². The van der Waals surface area contributed by atoms with Crippen molar-refractivity contribution in [2.24, 2.45) is 0 Å². The Morgan fingerprint density at radius 1 is 1.32 bits per heavy atom. The van der Waals surface area contributed by atoms with Gasteiger partial charge in [-0.15, -0.1) is 0 Å². The van der Waals surface area contributed by atoms with E-state index >= 15 is 0 Å². The highest BCUT2D eigenvalue weighted by atomic mass is 16.3. The van der Waals surface area contributed by atoms with Crippen LogP contribution in [0.3, 0.4) is 0 Å². The molecule has 0 fully saturated rings. The van der Waals surface area contributed by atoms with Crippen molar-refractivity contribution in [3.8, 4) is 0 Å². The number of benzene rings is 1. The first-order chi connectivity index (χ1) is 9.04. The van der Waals surface area contributed by atoms with Crippen molar-refractivity contribution >= 4 is 5.69 Å². The Morgan fingerprint density at radius 2 is 2.11 bits per heavy atom. The number of nitrogens with zero attached hydrogens (tertiary/aromatic N) is 1. The van der Waals surface area contributed by atoms with E-state index in [2.05, 4.69) is 0 Å². The zero-order valence-electron chi connectivity index (χ0n) is 11.3. The number of nitrogens with two attached hydrogens (primary N) is 1. The van der Waals surface area contributed by atoms with Crippen LogP contribution in [0.2, 0.25) is 0 Å². The third-order valence-electron chi connectivity index (χ3n) is 3.00. The summed E-state index contributed by atoms with van der Waals surface area (Å²) in [6, 6.07) is 11.2. The van der Waals surface area contributed by atoms with Gasteiger partial charge in [0.15, 0.2) is 0 Å². The molecule has 4 heteroatoms. The van der Waals surface area contributed by atoms with E-state index in [4.69, 9.17) is 10.2 Å². The van der Waals surface area contributed by atoms with Crippen molar-refractivity contribution in [2.45, 2.75) is 19.6 Å². The van der Waals surface area contributed by atoms with Gasteiger partial charge in [-0.05, 0) is 43.8 Å². The molecule has 0 radical (unpaired) electrons. The Balaban J connectivity index is 1.93. The van der Waals surface area contributed by atoms with Crippen LogP contribution in [0, 0.1) is 6.92 Å². The van der Waals surface area contributed by atoms with Gasteiger partial charge in [-0.1, -0.05) is 12.1 Å². The standard InChI is InChI=1S/C15H20N2O2/c1-11-6-7-14(19-11)9-17(2)10-15(18)12-4-3-5-13(16)8-12/h3-8,15,18H,9-10,16H2,1-2H3. The third kappa shape index (κ3) is 3.84. The second-order valence-corrected chi connectivity index (χ2v) is 4.90. The van der Waals surface area contributed by atoms with Crippen molar-refractivity contribution in [3.05, 3.63) is 53.5 Å². The molecule has 1 atom stereocenters. The van der Waals surface area contributed by atoms with Crippen LogP contribution in [0.5, 0.6) is 0 Å². The highest BCUT2D eigenvalue weighted by molar-refractivity contribution is 5.41. The fourth-order valence-corrected chi connectivity index (χ4v) is 2.07. The van der Waals surface area contributed by atoms with E-state index in [9.17, 15) is 5.11 Å². The molecular weight excluding hydrogens is 240 g/mol. The first kappa shape index (κ1) is 13.6. The lowest BCUT2D eigenvalue weighted by molar-refractivity contribution is 0.120. The van der Waals surface area contributed by atoms with Crippen LogP contribution in [0.1, 0.15) is 23.2 Å². The Labute approximate surface area is 113 Å². The largest absolute Gasteiger partial charge is 0.465 e. The molecule has 0 aliphatic rings. The van der Waals surface area contributed by atoms with Gasteiger partial charge in [0.1, 0.15) is 11.5 Å².